The van der Waals surface area contributed by atoms with Crippen molar-refractivity contribution >= 4 is 34.5 Å². The summed E-state index contributed by atoms with van der Waals surface area (Å²) >= 11 is 0. The Kier molecular flexibility index (Phi) is 8.72. The van der Waals surface area contributed by atoms with E-state index in [1.807, 2.05) is 24.3 Å². The van der Waals surface area contributed by atoms with Gasteiger partial charge in [0.25, 0.3) is 17.4 Å². The van der Waals surface area contributed by atoms with Crippen molar-refractivity contribution < 1.29 is 19.1 Å². The lowest BCUT2D eigenvalue weighted by Gasteiger charge is -2.12. The van der Waals surface area contributed by atoms with Gasteiger partial charge >= 0.3 is 5.97 Å². The molecular weight excluding hydrogens is 448 g/mol. The molecule has 1 heterocycles. The molecule has 9 nitrogen and oxygen atoms in total. The van der Waals surface area contributed by atoms with Crippen molar-refractivity contribution in [2.75, 3.05) is 26.0 Å². The highest BCUT2D eigenvalue weighted by atomic mass is 16.5. The lowest BCUT2D eigenvalue weighted by molar-refractivity contribution is -0.147. The molecule has 35 heavy (non-hydrogen) atoms. The molecule has 3 aromatic rings. The minimum atomic E-state index is -0.596. The second-order valence-corrected chi connectivity index (χ2v) is 8.34. The van der Waals surface area contributed by atoms with Gasteiger partial charge in [-0.25, -0.2) is 4.98 Å². The Hall–Kier alpha value is -4.01. The third kappa shape index (κ3) is 6.75. The summed E-state index contributed by atoms with van der Waals surface area (Å²) in [4.78, 5) is 55.1. The van der Waals surface area contributed by atoms with Gasteiger partial charge in [-0.05, 0) is 42.8 Å². The number of aryl methyl sites for hydroxylation is 2. The topological polar surface area (TPSA) is 111 Å². The fourth-order valence-electron chi connectivity index (χ4n) is 3.54. The molecule has 3 rings (SSSR count). The van der Waals surface area contributed by atoms with Crippen molar-refractivity contribution in [3.05, 3.63) is 70.1 Å². The number of esters is 1. The van der Waals surface area contributed by atoms with E-state index < -0.39 is 18.5 Å². The predicted molar refractivity (Wildman–Crippen MR) is 133 cm³/mol. The molecule has 9 heteroatoms. The number of anilines is 1. The normalized spacial score (nSPS) is 10.7. The molecule has 2 amide bonds. The monoisotopic (exact) mass is 478 g/mol. The van der Waals surface area contributed by atoms with Crippen LogP contribution in [0.4, 0.5) is 5.69 Å². The van der Waals surface area contributed by atoms with Crippen molar-refractivity contribution in [3.8, 4) is 0 Å². The first-order valence-electron chi connectivity index (χ1n) is 11.6. The van der Waals surface area contributed by atoms with E-state index >= 15 is 0 Å². The summed E-state index contributed by atoms with van der Waals surface area (Å²) in [6, 6.07) is 13.8. The van der Waals surface area contributed by atoms with Crippen molar-refractivity contribution in [1.29, 1.82) is 0 Å². The Morgan fingerprint density at radius 1 is 1.06 bits per heavy atom. The quantitative estimate of drug-likeness (QED) is 0.449. The van der Waals surface area contributed by atoms with E-state index in [0.29, 0.717) is 29.0 Å². The molecule has 0 saturated carbocycles. The fourth-order valence-corrected chi connectivity index (χ4v) is 3.54. The molecule has 1 N–H and O–H groups in total. The van der Waals surface area contributed by atoms with Gasteiger partial charge in [-0.2, -0.15) is 0 Å². The number of aromatic nitrogens is 2. The van der Waals surface area contributed by atoms with Crippen LogP contribution in [0.2, 0.25) is 0 Å². The minimum Gasteiger partial charge on any atom is -0.456 e. The van der Waals surface area contributed by atoms with Crippen LogP contribution in [0.15, 0.2) is 53.3 Å². The maximum absolute atomic E-state index is 12.9. The van der Waals surface area contributed by atoms with E-state index in [2.05, 4.69) is 17.2 Å². The van der Waals surface area contributed by atoms with Gasteiger partial charge in [0.2, 0.25) is 0 Å². The second kappa shape index (κ2) is 11.9. The van der Waals surface area contributed by atoms with Crippen molar-refractivity contribution in [2.45, 2.75) is 39.2 Å². The molecule has 0 aliphatic heterocycles. The molecule has 0 radical (unpaired) electrons. The summed E-state index contributed by atoms with van der Waals surface area (Å²) in [5.74, 6) is -1.24. The molecule has 0 unspecified atom stereocenters. The molecule has 184 valence electrons. The number of ether oxygens (including phenoxy) is 1. The molecule has 1 aromatic heterocycles. The third-order valence-electron chi connectivity index (χ3n) is 5.41. The van der Waals surface area contributed by atoms with Crippen molar-refractivity contribution in [1.82, 2.24) is 14.5 Å². The predicted octanol–water partition coefficient (Wildman–Crippen LogP) is 3.01. The van der Waals surface area contributed by atoms with Gasteiger partial charge in [0.05, 0.1) is 17.5 Å². The van der Waals surface area contributed by atoms with Crippen LogP contribution in [0.3, 0.4) is 0 Å². The summed E-state index contributed by atoms with van der Waals surface area (Å²) in [6.07, 6.45) is 1.87. The average molecular weight is 479 g/mol. The molecule has 0 atom stereocenters. The van der Waals surface area contributed by atoms with E-state index in [0.717, 1.165) is 18.4 Å². The van der Waals surface area contributed by atoms with Gasteiger partial charge < -0.3 is 19.5 Å². The molecular formula is C26H30N4O5. The number of carbonyl (C=O) groups is 3. The summed E-state index contributed by atoms with van der Waals surface area (Å²) in [6.45, 7) is 2.19. The van der Waals surface area contributed by atoms with Gasteiger partial charge in [-0.15, -0.1) is 0 Å². The smallest absolute Gasteiger partial charge is 0.306 e. The third-order valence-corrected chi connectivity index (χ3v) is 5.41. The number of unbranched alkanes of at least 4 members (excludes halogenated alkanes) is 1. The molecule has 0 aliphatic rings. The Morgan fingerprint density at radius 2 is 1.77 bits per heavy atom. The maximum atomic E-state index is 12.9. The van der Waals surface area contributed by atoms with E-state index in [9.17, 15) is 19.2 Å². The second-order valence-electron chi connectivity index (χ2n) is 8.34. The largest absolute Gasteiger partial charge is 0.456 e. The number of nitrogens with one attached hydrogen (secondary N) is 1. The number of rotatable bonds is 10. The zero-order valence-corrected chi connectivity index (χ0v) is 20.2. The van der Waals surface area contributed by atoms with Crippen LogP contribution in [-0.4, -0.2) is 52.9 Å². The molecule has 2 aromatic carbocycles. The van der Waals surface area contributed by atoms with Gasteiger partial charge in [0.15, 0.2) is 6.61 Å². The summed E-state index contributed by atoms with van der Waals surface area (Å²) in [5, 5.41) is 2.62. The molecule has 0 aliphatic carbocycles. The molecule has 0 fully saturated rings. The van der Waals surface area contributed by atoms with E-state index in [1.54, 1.807) is 42.9 Å². The van der Waals surface area contributed by atoms with Crippen LogP contribution in [0.25, 0.3) is 11.0 Å². The number of fused-ring (bicyclic) bond motifs is 1. The van der Waals surface area contributed by atoms with Crippen LogP contribution in [-0.2, 0) is 27.3 Å². The lowest BCUT2D eigenvalue weighted by Crippen LogP contribution is -2.27. The Balaban J connectivity index is 1.55. The van der Waals surface area contributed by atoms with E-state index in [4.69, 9.17) is 4.74 Å². The number of para-hydroxylation sites is 2. The highest BCUT2D eigenvalue weighted by Gasteiger charge is 2.14. The van der Waals surface area contributed by atoms with Gasteiger partial charge in [0, 0.05) is 38.3 Å². The maximum Gasteiger partial charge on any atom is 0.306 e. The number of nitrogens with zero attached hydrogens (tertiary/aromatic N) is 3. The molecule has 0 bridgehead atoms. The first-order chi connectivity index (χ1) is 16.8. The number of hydrogen-bond donors (Lipinski definition) is 1. The van der Waals surface area contributed by atoms with Crippen molar-refractivity contribution in [3.63, 3.8) is 0 Å². The summed E-state index contributed by atoms with van der Waals surface area (Å²) in [7, 11) is 3.31. The van der Waals surface area contributed by atoms with E-state index in [1.165, 1.54) is 4.90 Å². The van der Waals surface area contributed by atoms with Gasteiger partial charge in [0.1, 0.15) is 5.69 Å². The van der Waals surface area contributed by atoms with E-state index in [-0.39, 0.29) is 24.3 Å². The first-order valence-corrected chi connectivity index (χ1v) is 11.6. The zero-order valence-electron chi connectivity index (χ0n) is 20.2. The van der Waals surface area contributed by atoms with Crippen LogP contribution < -0.4 is 10.9 Å². The number of carbonyl (C=O) groups excluding carboxylic acids is 3. The zero-order chi connectivity index (χ0) is 25.4. The Bertz CT molecular complexity index is 1260. The highest BCUT2D eigenvalue weighted by molar-refractivity contribution is 5.96. The highest BCUT2D eigenvalue weighted by Crippen LogP contribution is 2.13. The number of hydrogen-bond acceptors (Lipinski definition) is 6. The van der Waals surface area contributed by atoms with Gasteiger partial charge in [-0.1, -0.05) is 25.5 Å². The van der Waals surface area contributed by atoms with Gasteiger partial charge in [-0.3, -0.25) is 19.2 Å². The van der Waals surface area contributed by atoms with Crippen LogP contribution in [0.1, 0.15) is 42.2 Å². The summed E-state index contributed by atoms with van der Waals surface area (Å²) in [5.41, 5.74) is 2.54. The SMILES string of the molecule is CCCCn1c(=O)c(CCC(=O)OCC(=O)Nc2ccc(C(=O)N(C)C)cc2)nc2ccccc21. The van der Waals surface area contributed by atoms with Crippen LogP contribution in [0, 0.1) is 0 Å². The Labute approximate surface area is 203 Å². The minimum absolute atomic E-state index is 0.0665. The number of amides is 2. The first kappa shape index (κ1) is 25.6. The molecule has 0 saturated heterocycles. The lowest BCUT2D eigenvalue weighted by atomic mass is 10.2. The van der Waals surface area contributed by atoms with Crippen LogP contribution in [0.5, 0.6) is 0 Å². The molecule has 0 spiro atoms. The fraction of sp³-hybridized carbons (Fsp3) is 0.346. The average Bonchev–Trinajstić information content (AvgIpc) is 2.85. The van der Waals surface area contributed by atoms with Crippen molar-refractivity contribution in [2.24, 2.45) is 0 Å². The Morgan fingerprint density at radius 3 is 2.46 bits per heavy atom. The summed E-state index contributed by atoms with van der Waals surface area (Å²) < 4.78 is 6.77. The number of benzene rings is 2. The standard InChI is InChI=1S/C26H30N4O5/c1-4-5-16-30-22-9-7-6-8-20(22)28-21(26(30)34)14-15-24(32)35-17-23(31)27-19-12-10-18(11-13-19)25(33)29(2)3/h6-13H,4-5,14-17H2,1-3H3,(H,27,31). The van der Waals surface area contributed by atoms with Crippen LogP contribution >= 0.6 is 0 Å².